The lowest BCUT2D eigenvalue weighted by Gasteiger charge is -2.12. The monoisotopic (exact) mass is 321 g/mol. The summed E-state index contributed by atoms with van der Waals surface area (Å²) in [7, 11) is 0. The molecule has 0 spiro atoms. The maximum Gasteiger partial charge on any atom is 0.279 e. The van der Waals surface area contributed by atoms with Crippen molar-refractivity contribution in [1.29, 1.82) is 0 Å². The van der Waals surface area contributed by atoms with Crippen molar-refractivity contribution in [3.8, 4) is 11.1 Å². The number of carbonyl (C=O) groups is 1. The SMILES string of the molecule is C[C@H]([NH2+]CC(=O)Nc1ccccc1-c1ccccc1)c1ccco1. The lowest BCUT2D eigenvalue weighted by molar-refractivity contribution is -0.684. The maximum atomic E-state index is 12.3. The van der Waals surface area contributed by atoms with Crippen LogP contribution in [0.2, 0.25) is 0 Å². The highest BCUT2D eigenvalue weighted by molar-refractivity contribution is 5.95. The van der Waals surface area contributed by atoms with Crippen LogP contribution in [0.1, 0.15) is 18.7 Å². The van der Waals surface area contributed by atoms with Crippen molar-refractivity contribution in [1.82, 2.24) is 0 Å². The fourth-order valence-electron chi connectivity index (χ4n) is 2.61. The summed E-state index contributed by atoms with van der Waals surface area (Å²) >= 11 is 0. The third kappa shape index (κ3) is 3.91. The minimum absolute atomic E-state index is 0.0308. The molecule has 0 aliphatic carbocycles. The van der Waals surface area contributed by atoms with E-state index < -0.39 is 0 Å². The molecule has 0 saturated carbocycles. The number of quaternary nitrogens is 1. The van der Waals surface area contributed by atoms with Crippen LogP contribution < -0.4 is 10.6 Å². The van der Waals surface area contributed by atoms with Crippen molar-refractivity contribution < 1.29 is 14.5 Å². The lowest BCUT2D eigenvalue weighted by Crippen LogP contribution is -2.86. The molecule has 3 aromatic rings. The molecule has 0 aliphatic rings. The quantitative estimate of drug-likeness (QED) is 0.732. The van der Waals surface area contributed by atoms with Gasteiger partial charge in [-0.2, -0.15) is 0 Å². The van der Waals surface area contributed by atoms with Gasteiger partial charge in [0.05, 0.1) is 6.26 Å². The zero-order valence-corrected chi connectivity index (χ0v) is 13.6. The molecule has 0 saturated heterocycles. The number of furan rings is 1. The molecule has 122 valence electrons. The molecule has 1 aromatic heterocycles. The minimum atomic E-state index is -0.0308. The van der Waals surface area contributed by atoms with Gasteiger partial charge in [-0.1, -0.05) is 48.5 Å². The Balaban J connectivity index is 1.65. The van der Waals surface area contributed by atoms with Crippen molar-refractivity contribution >= 4 is 11.6 Å². The number of hydrogen-bond donors (Lipinski definition) is 2. The number of hydrogen-bond acceptors (Lipinski definition) is 2. The van der Waals surface area contributed by atoms with Crippen LogP contribution in [-0.4, -0.2) is 12.5 Å². The van der Waals surface area contributed by atoms with Gasteiger partial charge in [0.1, 0.15) is 6.04 Å². The Bertz CT molecular complexity index is 782. The maximum absolute atomic E-state index is 12.3. The predicted molar refractivity (Wildman–Crippen MR) is 94.4 cm³/mol. The van der Waals surface area contributed by atoms with E-state index in [0.717, 1.165) is 22.6 Å². The van der Waals surface area contributed by atoms with Crippen molar-refractivity contribution in [3.63, 3.8) is 0 Å². The van der Waals surface area contributed by atoms with E-state index in [1.807, 2.05) is 79.0 Å². The Kier molecular flexibility index (Phi) is 5.08. The van der Waals surface area contributed by atoms with Gasteiger partial charge in [-0.25, -0.2) is 0 Å². The highest BCUT2D eigenvalue weighted by Gasteiger charge is 2.14. The lowest BCUT2D eigenvalue weighted by atomic mass is 10.0. The van der Waals surface area contributed by atoms with Crippen LogP contribution >= 0.6 is 0 Å². The van der Waals surface area contributed by atoms with E-state index in [0.29, 0.717) is 6.54 Å². The number of nitrogens with two attached hydrogens (primary N) is 1. The summed E-state index contributed by atoms with van der Waals surface area (Å²) in [5, 5.41) is 4.97. The standard InChI is InChI=1S/C20H20N2O2/c1-15(19-12-7-13-24-19)21-14-20(23)22-18-11-6-5-10-17(18)16-8-3-2-4-9-16/h2-13,15,21H,14H2,1H3,(H,22,23)/p+1/t15-/m0/s1. The summed E-state index contributed by atoms with van der Waals surface area (Å²) in [4.78, 5) is 12.3. The number of anilines is 1. The molecule has 0 bridgehead atoms. The summed E-state index contributed by atoms with van der Waals surface area (Å²) in [6, 6.07) is 21.8. The molecule has 1 amide bonds. The van der Waals surface area contributed by atoms with Crippen LogP contribution in [0, 0.1) is 0 Å². The highest BCUT2D eigenvalue weighted by Crippen LogP contribution is 2.27. The van der Waals surface area contributed by atoms with Crippen LogP contribution in [0.5, 0.6) is 0 Å². The van der Waals surface area contributed by atoms with Crippen LogP contribution in [0.25, 0.3) is 11.1 Å². The van der Waals surface area contributed by atoms with Crippen LogP contribution in [0.15, 0.2) is 77.4 Å². The normalized spacial score (nSPS) is 11.9. The number of rotatable bonds is 6. The van der Waals surface area contributed by atoms with E-state index >= 15 is 0 Å². The van der Waals surface area contributed by atoms with Gasteiger partial charge in [0.2, 0.25) is 0 Å². The summed E-state index contributed by atoms with van der Waals surface area (Å²) in [6.07, 6.45) is 1.65. The van der Waals surface area contributed by atoms with E-state index in [9.17, 15) is 4.79 Å². The van der Waals surface area contributed by atoms with E-state index in [-0.39, 0.29) is 11.9 Å². The second kappa shape index (κ2) is 7.62. The van der Waals surface area contributed by atoms with Crippen LogP contribution in [0.3, 0.4) is 0 Å². The summed E-state index contributed by atoms with van der Waals surface area (Å²) in [5.74, 6) is 0.837. The average Bonchev–Trinajstić information content (AvgIpc) is 3.16. The van der Waals surface area contributed by atoms with Crippen molar-refractivity contribution in [2.45, 2.75) is 13.0 Å². The fourth-order valence-corrected chi connectivity index (χ4v) is 2.61. The average molecular weight is 321 g/mol. The van der Waals surface area contributed by atoms with E-state index in [1.165, 1.54) is 0 Å². The fraction of sp³-hybridized carbons (Fsp3) is 0.150. The molecule has 0 unspecified atom stereocenters. The largest absolute Gasteiger partial charge is 0.463 e. The Morgan fingerprint density at radius 3 is 2.54 bits per heavy atom. The molecule has 3 N–H and O–H groups in total. The summed E-state index contributed by atoms with van der Waals surface area (Å²) < 4.78 is 5.36. The molecule has 0 fully saturated rings. The zero-order chi connectivity index (χ0) is 16.8. The third-order valence-electron chi connectivity index (χ3n) is 3.93. The van der Waals surface area contributed by atoms with Gasteiger partial charge >= 0.3 is 0 Å². The second-order valence-corrected chi connectivity index (χ2v) is 5.70. The first-order chi connectivity index (χ1) is 11.7. The van der Waals surface area contributed by atoms with Crippen LogP contribution in [0.4, 0.5) is 5.69 Å². The molecule has 2 aromatic carbocycles. The smallest absolute Gasteiger partial charge is 0.279 e. The van der Waals surface area contributed by atoms with Gasteiger partial charge in [-0.05, 0) is 30.7 Å². The van der Waals surface area contributed by atoms with Crippen molar-refractivity contribution in [2.75, 3.05) is 11.9 Å². The van der Waals surface area contributed by atoms with Crippen molar-refractivity contribution in [2.24, 2.45) is 0 Å². The molecule has 1 atom stereocenters. The molecule has 0 radical (unpaired) electrons. The molecule has 24 heavy (non-hydrogen) atoms. The minimum Gasteiger partial charge on any atom is -0.463 e. The van der Waals surface area contributed by atoms with Gasteiger partial charge in [0.15, 0.2) is 12.3 Å². The summed E-state index contributed by atoms with van der Waals surface area (Å²) in [6.45, 7) is 2.36. The second-order valence-electron chi connectivity index (χ2n) is 5.70. The molecule has 4 nitrogen and oxygen atoms in total. The topological polar surface area (TPSA) is 58.9 Å². The molecule has 0 aliphatic heterocycles. The molecule has 1 heterocycles. The van der Waals surface area contributed by atoms with E-state index in [4.69, 9.17) is 4.42 Å². The Morgan fingerprint density at radius 1 is 1.04 bits per heavy atom. The number of para-hydroxylation sites is 1. The first kappa shape index (κ1) is 16.0. The van der Waals surface area contributed by atoms with E-state index in [2.05, 4.69) is 5.32 Å². The Labute approximate surface area is 141 Å². The number of benzene rings is 2. The first-order valence-corrected chi connectivity index (χ1v) is 8.05. The van der Waals surface area contributed by atoms with Gasteiger partial charge in [-0.15, -0.1) is 0 Å². The van der Waals surface area contributed by atoms with Gasteiger partial charge in [0, 0.05) is 11.3 Å². The number of nitrogens with one attached hydrogen (secondary N) is 1. The predicted octanol–water partition coefficient (Wildman–Crippen LogP) is 3.21. The highest BCUT2D eigenvalue weighted by atomic mass is 16.3. The Hall–Kier alpha value is -2.85. The molecular weight excluding hydrogens is 300 g/mol. The number of carbonyl (C=O) groups excluding carboxylic acids is 1. The zero-order valence-electron chi connectivity index (χ0n) is 13.6. The van der Waals surface area contributed by atoms with Crippen LogP contribution in [-0.2, 0) is 4.79 Å². The van der Waals surface area contributed by atoms with Gasteiger partial charge in [-0.3, -0.25) is 4.79 Å². The molecular formula is C20H21N2O2+. The summed E-state index contributed by atoms with van der Waals surface area (Å²) in [5.41, 5.74) is 2.93. The molecule has 4 heteroatoms. The number of amides is 1. The van der Waals surface area contributed by atoms with Gasteiger partial charge < -0.3 is 15.1 Å². The van der Waals surface area contributed by atoms with Crippen molar-refractivity contribution in [3.05, 3.63) is 78.8 Å². The van der Waals surface area contributed by atoms with Gasteiger partial charge in [0.25, 0.3) is 5.91 Å². The first-order valence-electron chi connectivity index (χ1n) is 8.05. The Morgan fingerprint density at radius 2 is 1.79 bits per heavy atom. The van der Waals surface area contributed by atoms with E-state index in [1.54, 1.807) is 6.26 Å². The molecule has 3 rings (SSSR count). The third-order valence-corrected chi connectivity index (χ3v) is 3.93.